The second kappa shape index (κ2) is 5.97. The third kappa shape index (κ3) is 4.18. The van der Waals surface area contributed by atoms with Gasteiger partial charge in [0, 0.05) is 11.9 Å². The summed E-state index contributed by atoms with van der Waals surface area (Å²) >= 11 is 6.26. The van der Waals surface area contributed by atoms with E-state index in [1.807, 2.05) is 0 Å². The molecule has 1 heterocycles. The van der Waals surface area contributed by atoms with E-state index in [9.17, 15) is 0 Å². The fourth-order valence-corrected chi connectivity index (χ4v) is 2.33. The van der Waals surface area contributed by atoms with Crippen molar-refractivity contribution in [2.24, 2.45) is 11.8 Å². The van der Waals surface area contributed by atoms with Gasteiger partial charge in [0.15, 0.2) is 0 Å². The van der Waals surface area contributed by atoms with Crippen LogP contribution in [0.25, 0.3) is 0 Å². The summed E-state index contributed by atoms with van der Waals surface area (Å²) in [5, 5.41) is 0.378. The van der Waals surface area contributed by atoms with Crippen LogP contribution in [0.2, 0.25) is 0 Å². The van der Waals surface area contributed by atoms with Crippen molar-refractivity contribution in [3.05, 3.63) is 0 Å². The van der Waals surface area contributed by atoms with Crippen molar-refractivity contribution in [2.45, 2.75) is 45.4 Å². The van der Waals surface area contributed by atoms with Crippen LogP contribution in [0.1, 0.15) is 40.0 Å². The molecule has 84 valence electrons. The fourth-order valence-electron chi connectivity index (χ4n) is 2.01. The third-order valence-electron chi connectivity index (χ3n) is 3.21. The summed E-state index contributed by atoms with van der Waals surface area (Å²) in [7, 11) is 0. The maximum atomic E-state index is 6.26. The standard InChI is InChI=1S/C12H24ClN/c1-10(2)5-4-7-14-8-6-11(3)12(13)9-14/h10-12H,4-9H2,1-3H3. The number of nitrogens with zero attached hydrogens (tertiary/aromatic N) is 1. The van der Waals surface area contributed by atoms with E-state index in [2.05, 4.69) is 25.7 Å². The SMILES string of the molecule is CC(C)CCCN1CCC(C)C(Cl)C1. The molecule has 0 radical (unpaired) electrons. The first-order chi connectivity index (χ1) is 6.59. The molecule has 0 spiro atoms. The van der Waals surface area contributed by atoms with Crippen molar-refractivity contribution in [2.75, 3.05) is 19.6 Å². The molecular weight excluding hydrogens is 194 g/mol. The van der Waals surface area contributed by atoms with Crippen LogP contribution in [0.3, 0.4) is 0 Å². The number of halogens is 1. The van der Waals surface area contributed by atoms with Crippen molar-refractivity contribution in [1.82, 2.24) is 4.90 Å². The zero-order chi connectivity index (χ0) is 10.6. The average Bonchev–Trinajstić information content (AvgIpc) is 2.10. The van der Waals surface area contributed by atoms with Crippen LogP contribution in [0.15, 0.2) is 0 Å². The van der Waals surface area contributed by atoms with E-state index in [4.69, 9.17) is 11.6 Å². The van der Waals surface area contributed by atoms with Crippen LogP contribution < -0.4 is 0 Å². The molecule has 0 amide bonds. The molecule has 0 saturated carbocycles. The van der Waals surface area contributed by atoms with E-state index in [1.165, 1.54) is 32.4 Å². The summed E-state index contributed by atoms with van der Waals surface area (Å²) in [6.07, 6.45) is 3.95. The summed E-state index contributed by atoms with van der Waals surface area (Å²) < 4.78 is 0. The molecule has 2 unspecified atom stereocenters. The minimum atomic E-state index is 0.378. The highest BCUT2D eigenvalue weighted by Gasteiger charge is 2.23. The molecule has 1 fully saturated rings. The summed E-state index contributed by atoms with van der Waals surface area (Å²) in [6.45, 7) is 10.5. The van der Waals surface area contributed by atoms with Crippen LogP contribution in [0.5, 0.6) is 0 Å². The smallest absolute Gasteiger partial charge is 0.0489 e. The Balaban J connectivity index is 2.13. The highest BCUT2D eigenvalue weighted by molar-refractivity contribution is 6.21. The highest BCUT2D eigenvalue weighted by Crippen LogP contribution is 2.22. The molecule has 0 bridgehead atoms. The van der Waals surface area contributed by atoms with E-state index < -0.39 is 0 Å². The van der Waals surface area contributed by atoms with Gasteiger partial charge in [-0.1, -0.05) is 20.8 Å². The summed E-state index contributed by atoms with van der Waals surface area (Å²) in [4.78, 5) is 2.53. The number of hydrogen-bond acceptors (Lipinski definition) is 1. The molecule has 1 aliphatic rings. The molecule has 1 saturated heterocycles. The van der Waals surface area contributed by atoms with Crippen molar-refractivity contribution < 1.29 is 0 Å². The third-order valence-corrected chi connectivity index (χ3v) is 3.77. The number of hydrogen-bond donors (Lipinski definition) is 0. The van der Waals surface area contributed by atoms with Crippen molar-refractivity contribution in [3.8, 4) is 0 Å². The van der Waals surface area contributed by atoms with Crippen molar-refractivity contribution in [3.63, 3.8) is 0 Å². The van der Waals surface area contributed by atoms with E-state index in [0.29, 0.717) is 11.3 Å². The minimum absolute atomic E-state index is 0.378. The molecule has 2 heteroatoms. The van der Waals surface area contributed by atoms with Gasteiger partial charge in [-0.25, -0.2) is 0 Å². The zero-order valence-electron chi connectivity index (χ0n) is 9.80. The van der Waals surface area contributed by atoms with Crippen LogP contribution in [0.4, 0.5) is 0 Å². The normalized spacial score (nSPS) is 29.8. The number of alkyl halides is 1. The summed E-state index contributed by atoms with van der Waals surface area (Å²) in [5.74, 6) is 1.54. The zero-order valence-corrected chi connectivity index (χ0v) is 10.6. The molecule has 1 aliphatic heterocycles. The molecule has 2 atom stereocenters. The van der Waals surface area contributed by atoms with Gasteiger partial charge < -0.3 is 4.90 Å². The Hall–Kier alpha value is 0.250. The predicted molar refractivity (Wildman–Crippen MR) is 63.9 cm³/mol. The Kier molecular flexibility index (Phi) is 5.25. The maximum absolute atomic E-state index is 6.26. The maximum Gasteiger partial charge on any atom is 0.0489 e. The van der Waals surface area contributed by atoms with Gasteiger partial charge in [0.05, 0.1) is 0 Å². The van der Waals surface area contributed by atoms with Crippen LogP contribution in [-0.4, -0.2) is 29.9 Å². The Morgan fingerprint density at radius 1 is 1.43 bits per heavy atom. The van der Waals surface area contributed by atoms with Crippen LogP contribution in [0, 0.1) is 11.8 Å². The van der Waals surface area contributed by atoms with E-state index in [1.54, 1.807) is 0 Å². The largest absolute Gasteiger partial charge is 0.302 e. The van der Waals surface area contributed by atoms with Crippen LogP contribution in [-0.2, 0) is 0 Å². The summed E-state index contributed by atoms with van der Waals surface area (Å²) in [5.41, 5.74) is 0. The molecule has 14 heavy (non-hydrogen) atoms. The lowest BCUT2D eigenvalue weighted by Gasteiger charge is -2.34. The lowest BCUT2D eigenvalue weighted by atomic mass is 9.98. The Bertz CT molecular complexity index is 158. The van der Waals surface area contributed by atoms with Gasteiger partial charge in [-0.05, 0) is 44.2 Å². The van der Waals surface area contributed by atoms with Gasteiger partial charge >= 0.3 is 0 Å². The Morgan fingerprint density at radius 2 is 2.14 bits per heavy atom. The molecule has 0 N–H and O–H groups in total. The van der Waals surface area contributed by atoms with Crippen molar-refractivity contribution >= 4 is 11.6 Å². The van der Waals surface area contributed by atoms with E-state index >= 15 is 0 Å². The van der Waals surface area contributed by atoms with Gasteiger partial charge in [0.2, 0.25) is 0 Å². The second-order valence-electron chi connectivity index (χ2n) is 5.12. The highest BCUT2D eigenvalue weighted by atomic mass is 35.5. The fraction of sp³-hybridized carbons (Fsp3) is 1.00. The summed E-state index contributed by atoms with van der Waals surface area (Å²) in [6, 6.07) is 0. The molecule has 0 aromatic heterocycles. The monoisotopic (exact) mass is 217 g/mol. The van der Waals surface area contributed by atoms with Gasteiger partial charge in [0.25, 0.3) is 0 Å². The molecule has 0 aromatic rings. The molecule has 1 nitrogen and oxygen atoms in total. The first-order valence-corrected chi connectivity index (χ1v) is 6.39. The number of piperidine rings is 1. The topological polar surface area (TPSA) is 3.24 Å². The number of likely N-dealkylation sites (tertiary alicyclic amines) is 1. The second-order valence-corrected chi connectivity index (χ2v) is 5.68. The molecule has 0 aromatic carbocycles. The van der Waals surface area contributed by atoms with Gasteiger partial charge in [0.1, 0.15) is 0 Å². The molecule has 0 aliphatic carbocycles. The molecular formula is C12H24ClN. The van der Waals surface area contributed by atoms with E-state index in [0.717, 1.165) is 12.5 Å². The van der Waals surface area contributed by atoms with Gasteiger partial charge in [-0.15, -0.1) is 11.6 Å². The quantitative estimate of drug-likeness (QED) is 0.653. The minimum Gasteiger partial charge on any atom is -0.302 e. The first kappa shape index (κ1) is 12.3. The van der Waals surface area contributed by atoms with Gasteiger partial charge in [-0.2, -0.15) is 0 Å². The molecule has 1 rings (SSSR count). The van der Waals surface area contributed by atoms with Gasteiger partial charge in [-0.3, -0.25) is 0 Å². The number of rotatable bonds is 4. The van der Waals surface area contributed by atoms with Crippen LogP contribution >= 0.6 is 11.6 Å². The lowest BCUT2D eigenvalue weighted by molar-refractivity contribution is 0.191. The average molecular weight is 218 g/mol. The Morgan fingerprint density at radius 3 is 2.71 bits per heavy atom. The first-order valence-electron chi connectivity index (χ1n) is 5.96. The van der Waals surface area contributed by atoms with Crippen molar-refractivity contribution in [1.29, 1.82) is 0 Å². The Labute approximate surface area is 93.8 Å². The predicted octanol–water partition coefficient (Wildman–Crippen LogP) is 3.37. The van der Waals surface area contributed by atoms with E-state index in [-0.39, 0.29) is 0 Å². The lowest BCUT2D eigenvalue weighted by Crippen LogP contribution is -2.40.